The average Bonchev–Trinajstić information content (AvgIpc) is 2.69. The van der Waals surface area contributed by atoms with Crippen LogP contribution in [0.1, 0.15) is 11.4 Å². The summed E-state index contributed by atoms with van der Waals surface area (Å²) in [6.45, 7) is 3.01. The molecule has 0 saturated heterocycles. The number of aromatic amines is 1. The standard InChI is InChI=1S/C13H16BrN3/c1-9-3-5-10(6-4-9)12-13(14)17-11(16-12)7-8-15-2/h3-6,15H,7-8H2,1-2H3,(H,16,17). The summed E-state index contributed by atoms with van der Waals surface area (Å²) in [4.78, 5) is 7.86. The lowest BCUT2D eigenvalue weighted by atomic mass is 10.1. The van der Waals surface area contributed by atoms with E-state index in [9.17, 15) is 0 Å². The number of aromatic nitrogens is 2. The Morgan fingerprint density at radius 2 is 2.00 bits per heavy atom. The van der Waals surface area contributed by atoms with Gasteiger partial charge in [0, 0.05) is 18.5 Å². The van der Waals surface area contributed by atoms with Crippen molar-refractivity contribution in [1.82, 2.24) is 15.3 Å². The van der Waals surface area contributed by atoms with E-state index in [2.05, 4.69) is 62.4 Å². The smallest absolute Gasteiger partial charge is 0.110 e. The second kappa shape index (κ2) is 5.47. The largest absolute Gasteiger partial charge is 0.336 e. The number of rotatable bonds is 4. The Morgan fingerprint density at radius 1 is 1.29 bits per heavy atom. The number of H-pyrrole nitrogens is 1. The van der Waals surface area contributed by atoms with Crippen LogP contribution in [0.15, 0.2) is 28.9 Å². The highest BCUT2D eigenvalue weighted by Gasteiger charge is 2.09. The molecule has 0 atom stereocenters. The SMILES string of the molecule is CNCCc1nc(-c2ccc(C)cc2)c(Br)[nH]1. The summed E-state index contributed by atoms with van der Waals surface area (Å²) in [6.07, 6.45) is 0.904. The van der Waals surface area contributed by atoms with Crippen LogP contribution in [0.3, 0.4) is 0 Å². The molecule has 90 valence electrons. The summed E-state index contributed by atoms with van der Waals surface area (Å²) in [5.74, 6) is 1.00. The van der Waals surface area contributed by atoms with Gasteiger partial charge in [-0.15, -0.1) is 0 Å². The topological polar surface area (TPSA) is 40.7 Å². The van der Waals surface area contributed by atoms with E-state index in [4.69, 9.17) is 0 Å². The van der Waals surface area contributed by atoms with Crippen molar-refractivity contribution in [3.63, 3.8) is 0 Å². The van der Waals surface area contributed by atoms with Crippen LogP contribution in [-0.2, 0) is 6.42 Å². The highest BCUT2D eigenvalue weighted by atomic mass is 79.9. The van der Waals surface area contributed by atoms with Gasteiger partial charge in [-0.1, -0.05) is 29.8 Å². The predicted octanol–water partition coefficient (Wildman–Crippen LogP) is 2.91. The van der Waals surface area contributed by atoms with E-state index >= 15 is 0 Å². The molecule has 1 aromatic heterocycles. The van der Waals surface area contributed by atoms with Crippen molar-refractivity contribution in [2.24, 2.45) is 0 Å². The number of hydrogen-bond donors (Lipinski definition) is 2. The Labute approximate surface area is 110 Å². The van der Waals surface area contributed by atoms with Crippen molar-refractivity contribution in [3.05, 3.63) is 40.3 Å². The molecule has 1 heterocycles. The fourth-order valence-corrected chi connectivity index (χ4v) is 2.21. The molecular formula is C13H16BrN3. The second-order valence-electron chi connectivity index (χ2n) is 4.07. The van der Waals surface area contributed by atoms with Gasteiger partial charge in [-0.3, -0.25) is 0 Å². The van der Waals surface area contributed by atoms with Crippen LogP contribution in [0.25, 0.3) is 11.3 Å². The van der Waals surface area contributed by atoms with E-state index in [0.717, 1.165) is 34.7 Å². The minimum atomic E-state index is 0.904. The summed E-state index contributed by atoms with van der Waals surface area (Å²) in [7, 11) is 1.94. The number of imidazole rings is 1. The summed E-state index contributed by atoms with van der Waals surface area (Å²) < 4.78 is 0.951. The van der Waals surface area contributed by atoms with Crippen LogP contribution in [0.2, 0.25) is 0 Å². The molecule has 0 radical (unpaired) electrons. The van der Waals surface area contributed by atoms with Gasteiger partial charge in [-0.25, -0.2) is 4.98 Å². The molecule has 0 unspecified atom stereocenters. The Morgan fingerprint density at radius 3 is 2.65 bits per heavy atom. The lowest BCUT2D eigenvalue weighted by Crippen LogP contribution is -2.11. The van der Waals surface area contributed by atoms with Gasteiger partial charge in [-0.2, -0.15) is 0 Å². The zero-order valence-corrected chi connectivity index (χ0v) is 11.6. The zero-order chi connectivity index (χ0) is 12.3. The molecule has 0 aliphatic heterocycles. The molecule has 0 aliphatic carbocycles. The molecule has 3 nitrogen and oxygen atoms in total. The van der Waals surface area contributed by atoms with Crippen LogP contribution in [0, 0.1) is 6.92 Å². The van der Waals surface area contributed by atoms with E-state index in [0.29, 0.717) is 0 Å². The molecule has 0 bridgehead atoms. The van der Waals surface area contributed by atoms with Gasteiger partial charge in [0.2, 0.25) is 0 Å². The summed E-state index contributed by atoms with van der Waals surface area (Å²) in [5.41, 5.74) is 3.38. The van der Waals surface area contributed by atoms with Gasteiger partial charge in [0.25, 0.3) is 0 Å². The van der Waals surface area contributed by atoms with Gasteiger partial charge >= 0.3 is 0 Å². The maximum absolute atomic E-state index is 4.60. The molecule has 17 heavy (non-hydrogen) atoms. The van der Waals surface area contributed by atoms with Gasteiger partial charge in [-0.05, 0) is 29.9 Å². The lowest BCUT2D eigenvalue weighted by molar-refractivity contribution is 0.764. The van der Waals surface area contributed by atoms with Crippen LogP contribution >= 0.6 is 15.9 Å². The first-order valence-electron chi connectivity index (χ1n) is 5.66. The molecule has 0 fully saturated rings. The molecule has 1 aromatic carbocycles. The number of benzene rings is 1. The van der Waals surface area contributed by atoms with Crippen molar-refractivity contribution >= 4 is 15.9 Å². The molecular weight excluding hydrogens is 278 g/mol. The minimum absolute atomic E-state index is 0.904. The molecule has 0 spiro atoms. The van der Waals surface area contributed by atoms with Crippen molar-refractivity contribution < 1.29 is 0 Å². The second-order valence-corrected chi connectivity index (χ2v) is 4.86. The average molecular weight is 294 g/mol. The van der Waals surface area contributed by atoms with Gasteiger partial charge in [0.05, 0.1) is 0 Å². The first kappa shape index (κ1) is 12.3. The number of aryl methyl sites for hydroxylation is 1. The fourth-order valence-electron chi connectivity index (χ4n) is 1.66. The van der Waals surface area contributed by atoms with Gasteiger partial charge in [0.15, 0.2) is 0 Å². The van der Waals surface area contributed by atoms with Crippen molar-refractivity contribution in [1.29, 1.82) is 0 Å². The van der Waals surface area contributed by atoms with Crippen LogP contribution in [0.5, 0.6) is 0 Å². The number of nitrogens with zero attached hydrogens (tertiary/aromatic N) is 1. The van der Waals surface area contributed by atoms with E-state index < -0.39 is 0 Å². The first-order valence-corrected chi connectivity index (χ1v) is 6.46. The maximum atomic E-state index is 4.60. The van der Waals surface area contributed by atoms with E-state index in [1.807, 2.05) is 7.05 Å². The lowest BCUT2D eigenvalue weighted by Gasteiger charge is -1.98. The summed E-state index contributed by atoms with van der Waals surface area (Å²) in [6, 6.07) is 8.39. The molecule has 2 rings (SSSR count). The quantitative estimate of drug-likeness (QED) is 0.910. The Hall–Kier alpha value is -1.13. The predicted molar refractivity (Wildman–Crippen MR) is 74.1 cm³/mol. The third-order valence-corrected chi connectivity index (χ3v) is 3.22. The Balaban J connectivity index is 2.26. The number of nitrogens with one attached hydrogen (secondary N) is 2. The van der Waals surface area contributed by atoms with Gasteiger partial charge in [0.1, 0.15) is 16.1 Å². The van der Waals surface area contributed by atoms with Crippen molar-refractivity contribution in [3.8, 4) is 11.3 Å². The Bertz CT molecular complexity index is 488. The molecule has 2 N–H and O–H groups in total. The normalized spacial score (nSPS) is 10.8. The van der Waals surface area contributed by atoms with Crippen molar-refractivity contribution in [2.45, 2.75) is 13.3 Å². The van der Waals surface area contributed by atoms with E-state index in [-0.39, 0.29) is 0 Å². The highest BCUT2D eigenvalue weighted by Crippen LogP contribution is 2.26. The van der Waals surface area contributed by atoms with Crippen LogP contribution < -0.4 is 5.32 Å². The summed E-state index contributed by atoms with van der Waals surface area (Å²) in [5, 5.41) is 3.12. The summed E-state index contributed by atoms with van der Waals surface area (Å²) >= 11 is 3.53. The highest BCUT2D eigenvalue weighted by molar-refractivity contribution is 9.10. The van der Waals surface area contributed by atoms with E-state index in [1.54, 1.807) is 0 Å². The van der Waals surface area contributed by atoms with E-state index in [1.165, 1.54) is 5.56 Å². The molecule has 0 aliphatic rings. The van der Waals surface area contributed by atoms with Crippen molar-refractivity contribution in [2.75, 3.05) is 13.6 Å². The van der Waals surface area contributed by atoms with Crippen LogP contribution in [0.4, 0.5) is 0 Å². The van der Waals surface area contributed by atoms with Gasteiger partial charge < -0.3 is 10.3 Å². The Kier molecular flexibility index (Phi) is 3.97. The molecule has 4 heteroatoms. The maximum Gasteiger partial charge on any atom is 0.110 e. The molecule has 0 amide bonds. The molecule has 2 aromatic rings. The number of likely N-dealkylation sites (N-methyl/N-ethyl adjacent to an activating group) is 1. The number of halogens is 1. The number of hydrogen-bond acceptors (Lipinski definition) is 2. The third kappa shape index (κ3) is 2.96. The molecule has 0 saturated carbocycles. The first-order chi connectivity index (χ1) is 8.20. The fraction of sp³-hybridized carbons (Fsp3) is 0.308. The zero-order valence-electron chi connectivity index (χ0n) is 10.0. The minimum Gasteiger partial charge on any atom is -0.336 e. The third-order valence-electron chi connectivity index (χ3n) is 2.65. The van der Waals surface area contributed by atoms with Crippen LogP contribution in [-0.4, -0.2) is 23.6 Å². The monoisotopic (exact) mass is 293 g/mol.